The molecule has 1 aliphatic carbocycles. The van der Waals surface area contributed by atoms with Gasteiger partial charge < -0.3 is 9.84 Å². The van der Waals surface area contributed by atoms with Gasteiger partial charge in [0.05, 0.1) is 17.7 Å². The molecule has 0 spiro atoms. The zero-order valence-electron chi connectivity index (χ0n) is 15.1. The zero-order chi connectivity index (χ0) is 19.1. The summed E-state index contributed by atoms with van der Waals surface area (Å²) >= 11 is 0. The van der Waals surface area contributed by atoms with Crippen LogP contribution in [-0.4, -0.2) is 41.7 Å². The Morgan fingerprint density at radius 1 is 1.31 bits per heavy atom. The van der Waals surface area contributed by atoms with Crippen LogP contribution in [0.25, 0.3) is 5.82 Å². The van der Waals surface area contributed by atoms with E-state index in [9.17, 15) is 13.5 Å². The SMILES string of the molecule is COC1=C(C)CC(c2c(C)nn(-c3ccc(S(C)(=O)=O)cn3)c2O)C=C1. The summed E-state index contributed by atoms with van der Waals surface area (Å²) in [7, 11) is -1.69. The lowest BCUT2D eigenvalue weighted by Crippen LogP contribution is -2.05. The van der Waals surface area contributed by atoms with Crippen LogP contribution in [-0.2, 0) is 14.6 Å². The molecule has 138 valence electrons. The van der Waals surface area contributed by atoms with E-state index in [0.29, 0.717) is 11.5 Å². The van der Waals surface area contributed by atoms with Crippen molar-refractivity contribution >= 4 is 9.84 Å². The van der Waals surface area contributed by atoms with Gasteiger partial charge >= 0.3 is 0 Å². The van der Waals surface area contributed by atoms with E-state index >= 15 is 0 Å². The Hall–Kier alpha value is -2.61. The van der Waals surface area contributed by atoms with E-state index in [2.05, 4.69) is 10.1 Å². The lowest BCUT2D eigenvalue weighted by Gasteiger charge is -2.19. The predicted octanol–water partition coefficient (Wildman–Crippen LogP) is 2.65. The number of pyridine rings is 1. The first kappa shape index (κ1) is 18.2. The largest absolute Gasteiger partial charge is 0.497 e. The molecule has 2 aromatic heterocycles. The van der Waals surface area contributed by atoms with Crippen molar-refractivity contribution in [2.45, 2.75) is 31.1 Å². The predicted molar refractivity (Wildman–Crippen MR) is 97.1 cm³/mol. The maximum atomic E-state index is 11.6. The van der Waals surface area contributed by atoms with E-state index in [4.69, 9.17) is 4.74 Å². The maximum absolute atomic E-state index is 11.6. The summed E-state index contributed by atoms with van der Waals surface area (Å²) in [5.41, 5.74) is 2.52. The van der Waals surface area contributed by atoms with Gasteiger partial charge in [0.2, 0.25) is 5.88 Å². The lowest BCUT2D eigenvalue weighted by atomic mass is 9.88. The molecular formula is C18H21N3O4S. The number of rotatable bonds is 4. The van der Waals surface area contributed by atoms with E-state index < -0.39 is 9.84 Å². The number of aromatic hydroxyl groups is 1. The maximum Gasteiger partial charge on any atom is 0.219 e. The van der Waals surface area contributed by atoms with Gasteiger partial charge in [-0.2, -0.15) is 9.78 Å². The molecule has 3 rings (SSSR count). The molecule has 0 saturated heterocycles. The van der Waals surface area contributed by atoms with Gasteiger partial charge in [0.1, 0.15) is 5.76 Å². The highest BCUT2D eigenvalue weighted by Crippen LogP contribution is 2.38. The van der Waals surface area contributed by atoms with E-state index in [-0.39, 0.29) is 16.7 Å². The van der Waals surface area contributed by atoms with Crippen LogP contribution in [0.1, 0.15) is 30.5 Å². The van der Waals surface area contributed by atoms with Crippen molar-refractivity contribution in [3.63, 3.8) is 0 Å². The monoisotopic (exact) mass is 375 g/mol. The fourth-order valence-electron chi connectivity index (χ4n) is 3.12. The van der Waals surface area contributed by atoms with Crippen molar-refractivity contribution in [2.24, 2.45) is 0 Å². The Bertz CT molecular complexity index is 1000. The number of ether oxygens (including phenoxy) is 1. The zero-order valence-corrected chi connectivity index (χ0v) is 15.9. The Morgan fingerprint density at radius 2 is 2.04 bits per heavy atom. The van der Waals surface area contributed by atoms with E-state index in [1.54, 1.807) is 7.11 Å². The third-order valence-corrected chi connectivity index (χ3v) is 5.56. The second-order valence-electron chi connectivity index (χ2n) is 6.38. The first-order valence-corrected chi connectivity index (χ1v) is 9.98. The van der Waals surface area contributed by atoms with Crippen LogP contribution in [0.3, 0.4) is 0 Å². The van der Waals surface area contributed by atoms with Crippen LogP contribution < -0.4 is 0 Å². The Labute approximate surface area is 152 Å². The van der Waals surface area contributed by atoms with Crippen molar-refractivity contribution < 1.29 is 18.3 Å². The number of nitrogens with zero attached hydrogens (tertiary/aromatic N) is 3. The van der Waals surface area contributed by atoms with Gasteiger partial charge in [-0.3, -0.25) is 0 Å². The second kappa shape index (κ2) is 6.60. The number of hydrogen-bond acceptors (Lipinski definition) is 6. The molecule has 0 aliphatic heterocycles. The molecule has 0 saturated carbocycles. The van der Waals surface area contributed by atoms with Gasteiger partial charge in [0, 0.05) is 23.9 Å². The number of aryl methyl sites for hydroxylation is 1. The van der Waals surface area contributed by atoms with Gasteiger partial charge in [-0.15, -0.1) is 0 Å². The summed E-state index contributed by atoms with van der Waals surface area (Å²) in [5.74, 6) is 1.18. The highest BCUT2D eigenvalue weighted by Gasteiger charge is 2.25. The minimum absolute atomic E-state index is 0.00502. The molecule has 0 fully saturated rings. The van der Waals surface area contributed by atoms with Crippen LogP contribution >= 0.6 is 0 Å². The molecule has 0 bridgehead atoms. The van der Waals surface area contributed by atoms with Gasteiger partial charge in [0.25, 0.3) is 0 Å². The number of sulfone groups is 1. The fraction of sp³-hybridized carbons (Fsp3) is 0.333. The van der Waals surface area contributed by atoms with Gasteiger partial charge in [-0.25, -0.2) is 13.4 Å². The highest BCUT2D eigenvalue weighted by atomic mass is 32.2. The molecule has 2 heterocycles. The second-order valence-corrected chi connectivity index (χ2v) is 8.39. The molecule has 1 unspecified atom stereocenters. The molecule has 0 aromatic carbocycles. The minimum atomic E-state index is -3.33. The number of methoxy groups -OCH3 is 1. The third-order valence-electron chi connectivity index (χ3n) is 4.46. The fourth-order valence-corrected chi connectivity index (χ4v) is 3.68. The van der Waals surface area contributed by atoms with Crippen molar-refractivity contribution in [2.75, 3.05) is 13.4 Å². The summed E-state index contributed by atoms with van der Waals surface area (Å²) in [6.07, 6.45) is 7.00. The van der Waals surface area contributed by atoms with Gasteiger partial charge in [-0.1, -0.05) is 6.08 Å². The summed E-state index contributed by atoms with van der Waals surface area (Å²) in [6, 6.07) is 2.98. The van der Waals surface area contributed by atoms with E-state index in [0.717, 1.165) is 29.6 Å². The highest BCUT2D eigenvalue weighted by molar-refractivity contribution is 7.90. The Morgan fingerprint density at radius 3 is 2.58 bits per heavy atom. The lowest BCUT2D eigenvalue weighted by molar-refractivity contribution is 0.298. The topological polar surface area (TPSA) is 94.3 Å². The van der Waals surface area contributed by atoms with Crippen molar-refractivity contribution in [1.29, 1.82) is 0 Å². The van der Waals surface area contributed by atoms with Gasteiger partial charge in [0.15, 0.2) is 15.7 Å². The first-order valence-electron chi connectivity index (χ1n) is 8.09. The molecule has 0 radical (unpaired) electrons. The van der Waals surface area contributed by atoms with Crippen molar-refractivity contribution in [3.8, 4) is 11.7 Å². The molecule has 7 nitrogen and oxygen atoms in total. The average molecular weight is 375 g/mol. The first-order chi connectivity index (χ1) is 12.2. The summed E-state index contributed by atoms with van der Waals surface area (Å²) in [4.78, 5) is 4.25. The van der Waals surface area contributed by atoms with Crippen LogP contribution in [0.2, 0.25) is 0 Å². The molecule has 0 amide bonds. The molecule has 2 aromatic rings. The molecule has 1 atom stereocenters. The van der Waals surface area contributed by atoms with E-state index in [1.165, 1.54) is 23.0 Å². The number of hydrogen-bond donors (Lipinski definition) is 1. The summed E-state index contributed by atoms with van der Waals surface area (Å²) in [5, 5.41) is 15.1. The van der Waals surface area contributed by atoms with Crippen molar-refractivity contribution in [1.82, 2.24) is 14.8 Å². The quantitative estimate of drug-likeness (QED) is 0.883. The minimum Gasteiger partial charge on any atom is -0.497 e. The molecule has 1 aliphatic rings. The van der Waals surface area contributed by atoms with Crippen LogP contribution in [0.4, 0.5) is 0 Å². The average Bonchev–Trinajstić information content (AvgIpc) is 2.88. The van der Waals surface area contributed by atoms with E-state index in [1.807, 2.05) is 26.0 Å². The van der Waals surface area contributed by atoms with Crippen LogP contribution in [0.5, 0.6) is 5.88 Å². The Balaban J connectivity index is 1.97. The molecule has 8 heteroatoms. The normalized spacial score (nSPS) is 17.6. The Kier molecular flexibility index (Phi) is 4.62. The molecular weight excluding hydrogens is 354 g/mol. The van der Waals surface area contributed by atoms with Crippen LogP contribution in [0.15, 0.2) is 46.7 Å². The molecule has 26 heavy (non-hydrogen) atoms. The smallest absolute Gasteiger partial charge is 0.219 e. The number of allylic oxidation sites excluding steroid dienone is 3. The molecule has 1 N–H and O–H groups in total. The summed E-state index contributed by atoms with van der Waals surface area (Å²) < 4.78 is 29.8. The third kappa shape index (κ3) is 3.24. The van der Waals surface area contributed by atoms with Crippen LogP contribution in [0, 0.1) is 6.92 Å². The van der Waals surface area contributed by atoms with Crippen molar-refractivity contribution in [3.05, 3.63) is 53.1 Å². The van der Waals surface area contributed by atoms with Gasteiger partial charge in [-0.05, 0) is 44.1 Å². The standard InChI is InChI=1S/C18H21N3O4S/c1-11-9-13(5-7-15(11)25-3)17-12(2)20-21(18(17)22)16-8-6-14(10-19-16)26(4,23)24/h5-8,10,13,22H,9H2,1-4H3. The summed E-state index contributed by atoms with van der Waals surface area (Å²) in [6.45, 7) is 3.83. The number of aromatic nitrogens is 3.